The number of carbonyl (C=O) groups excluding carboxylic acids is 4. The Bertz CT molecular complexity index is 1640. The highest BCUT2D eigenvalue weighted by atomic mass is 16.2. The van der Waals surface area contributed by atoms with E-state index in [9.17, 15) is 19.2 Å². The molecule has 53 heavy (non-hydrogen) atoms. The first kappa shape index (κ1) is 39.7. The minimum Gasteiger partial charge on any atom is -0.353 e. The molecule has 4 N–H and O–H groups in total. The van der Waals surface area contributed by atoms with Gasteiger partial charge >= 0.3 is 0 Å². The molecule has 3 aromatic rings. The minimum absolute atomic E-state index is 0.0754. The normalized spacial score (nSPS) is 16.4. The molecule has 0 spiro atoms. The molecule has 0 radical (unpaired) electrons. The van der Waals surface area contributed by atoms with E-state index in [0.717, 1.165) is 75.7 Å². The second kappa shape index (κ2) is 19.5. The highest BCUT2D eigenvalue weighted by molar-refractivity contribution is 5.96. The van der Waals surface area contributed by atoms with Gasteiger partial charge in [0.25, 0.3) is 5.91 Å². The number of carbonyl (C=O) groups is 4. The molecule has 1 aromatic heterocycles. The van der Waals surface area contributed by atoms with Crippen LogP contribution in [0.15, 0.2) is 60.8 Å². The number of rotatable bonds is 18. The number of aryl methyl sites for hydroxylation is 1. The summed E-state index contributed by atoms with van der Waals surface area (Å²) in [6.45, 7) is 9.79. The number of fused-ring (bicyclic) bond motifs is 1. The zero-order valence-corrected chi connectivity index (χ0v) is 32.0. The summed E-state index contributed by atoms with van der Waals surface area (Å²) in [6.07, 6.45) is 9.14. The van der Waals surface area contributed by atoms with Crippen molar-refractivity contribution in [3.05, 3.63) is 88.7 Å². The summed E-state index contributed by atoms with van der Waals surface area (Å²) in [4.78, 5) is 55.6. The van der Waals surface area contributed by atoms with E-state index in [1.165, 1.54) is 15.8 Å². The number of aromatic nitrogens is 2. The van der Waals surface area contributed by atoms with E-state index in [1.54, 1.807) is 19.3 Å². The maximum atomic E-state index is 13.6. The molecule has 3 atom stereocenters. The third kappa shape index (κ3) is 11.5. The van der Waals surface area contributed by atoms with E-state index in [-0.39, 0.29) is 29.5 Å². The van der Waals surface area contributed by atoms with Gasteiger partial charge in [-0.2, -0.15) is 5.10 Å². The monoisotopic (exact) mass is 725 g/mol. The lowest BCUT2D eigenvalue weighted by Crippen LogP contribution is -2.51. The topological polar surface area (TPSA) is 137 Å². The van der Waals surface area contributed by atoms with Gasteiger partial charge in [-0.15, -0.1) is 0 Å². The molecule has 11 nitrogen and oxygen atoms in total. The van der Waals surface area contributed by atoms with Crippen LogP contribution in [0.2, 0.25) is 0 Å². The van der Waals surface area contributed by atoms with Crippen LogP contribution in [-0.4, -0.2) is 63.5 Å². The van der Waals surface area contributed by atoms with Gasteiger partial charge < -0.3 is 21.3 Å². The van der Waals surface area contributed by atoms with Gasteiger partial charge in [-0.25, -0.2) is 0 Å². The number of hydrogen-bond donors (Lipinski definition) is 4. The van der Waals surface area contributed by atoms with Crippen LogP contribution in [0.3, 0.4) is 0 Å². The Hall–Kier alpha value is -4.51. The summed E-state index contributed by atoms with van der Waals surface area (Å²) in [6, 6.07) is 16.5. The molecular formula is C42H59N7O4. The van der Waals surface area contributed by atoms with Crippen LogP contribution in [0.25, 0.3) is 0 Å². The van der Waals surface area contributed by atoms with Crippen molar-refractivity contribution >= 4 is 23.6 Å². The first-order chi connectivity index (χ1) is 25.6. The Labute approximate surface area is 315 Å². The molecule has 1 aliphatic carbocycles. The van der Waals surface area contributed by atoms with Crippen LogP contribution >= 0.6 is 0 Å². The first-order valence-corrected chi connectivity index (χ1v) is 19.6. The molecule has 1 aliphatic heterocycles. The molecule has 0 unspecified atom stereocenters. The maximum Gasteiger partial charge on any atom is 0.270 e. The lowest BCUT2D eigenvalue weighted by Gasteiger charge is -2.30. The van der Waals surface area contributed by atoms with Crippen LogP contribution in [-0.2, 0) is 47.5 Å². The van der Waals surface area contributed by atoms with Crippen molar-refractivity contribution in [2.24, 2.45) is 24.8 Å². The van der Waals surface area contributed by atoms with E-state index in [0.29, 0.717) is 43.5 Å². The third-order valence-electron chi connectivity index (χ3n) is 11.2. The zero-order chi connectivity index (χ0) is 37.7. The largest absolute Gasteiger partial charge is 0.353 e. The first-order valence-electron chi connectivity index (χ1n) is 19.6. The number of benzene rings is 2. The van der Waals surface area contributed by atoms with Gasteiger partial charge in [0, 0.05) is 58.8 Å². The Balaban J connectivity index is 1.17. The van der Waals surface area contributed by atoms with E-state index in [2.05, 4.69) is 76.3 Å². The fourth-order valence-corrected chi connectivity index (χ4v) is 7.83. The van der Waals surface area contributed by atoms with Crippen LogP contribution < -0.4 is 21.3 Å². The molecule has 2 aromatic carbocycles. The molecule has 2 aliphatic rings. The second-order valence-electron chi connectivity index (χ2n) is 15.3. The van der Waals surface area contributed by atoms with Gasteiger partial charge in [0.15, 0.2) is 0 Å². The molecule has 1 fully saturated rings. The number of amides is 4. The van der Waals surface area contributed by atoms with Gasteiger partial charge in [0.1, 0.15) is 17.8 Å². The fourth-order valence-electron chi connectivity index (χ4n) is 7.83. The van der Waals surface area contributed by atoms with Crippen molar-refractivity contribution in [3.63, 3.8) is 0 Å². The van der Waals surface area contributed by atoms with Gasteiger partial charge in [-0.3, -0.25) is 28.8 Å². The smallest absolute Gasteiger partial charge is 0.270 e. The predicted molar refractivity (Wildman–Crippen MR) is 206 cm³/mol. The molecule has 286 valence electrons. The molecule has 4 amide bonds. The molecule has 0 bridgehead atoms. The number of nitrogens with one attached hydrogen (secondary N) is 4. The van der Waals surface area contributed by atoms with Crippen molar-refractivity contribution in [1.82, 2.24) is 35.9 Å². The van der Waals surface area contributed by atoms with Gasteiger partial charge in [-0.1, -0.05) is 95.0 Å². The Kier molecular flexibility index (Phi) is 14.6. The van der Waals surface area contributed by atoms with E-state index >= 15 is 0 Å². The van der Waals surface area contributed by atoms with Crippen LogP contribution in [0, 0.1) is 17.8 Å². The van der Waals surface area contributed by atoms with E-state index in [1.807, 2.05) is 24.3 Å². The standard InChI is InChI=1S/C42H59N7O4/c1-5-32(29(2)3)19-20-38(50)46-36(40(51)43-23-24-49-27-34-13-9-10-14-35(34)28-49)25-30-15-17-31(18-16-30)26-44-42(53)39(33-11-7-6-8-12-33)47-41(52)37-21-22-45-48(37)4/h9-10,13-18,21-22,29,32-33,36,39H,5-8,11-12,19-20,23-28H2,1-4H3,(H,43,51)(H,44,53)(H,46,50)(H,47,52)/t32-,36+,39-/m0/s1. The quantitative estimate of drug-likeness (QED) is 0.145. The number of nitrogens with zero attached hydrogens (tertiary/aromatic N) is 3. The average molecular weight is 726 g/mol. The lowest BCUT2D eigenvalue weighted by atomic mass is 9.83. The Morgan fingerprint density at radius 3 is 2.15 bits per heavy atom. The zero-order valence-electron chi connectivity index (χ0n) is 32.0. The molecule has 2 heterocycles. The SMILES string of the molecule is CC[C@@H](CCC(=O)N[C@H](Cc1ccc(CNC(=O)[C@@H](NC(=O)c2ccnn2C)C2CCCCC2)cc1)C(=O)NCCN1Cc2ccccc2C1)C(C)C. The van der Waals surface area contributed by atoms with Gasteiger partial charge in [0.2, 0.25) is 17.7 Å². The highest BCUT2D eigenvalue weighted by Crippen LogP contribution is 2.27. The van der Waals surface area contributed by atoms with Crippen molar-refractivity contribution in [1.29, 1.82) is 0 Å². The third-order valence-corrected chi connectivity index (χ3v) is 11.2. The average Bonchev–Trinajstić information content (AvgIpc) is 3.79. The highest BCUT2D eigenvalue weighted by Gasteiger charge is 2.32. The van der Waals surface area contributed by atoms with E-state index in [4.69, 9.17) is 0 Å². The molecule has 0 saturated heterocycles. The van der Waals surface area contributed by atoms with Crippen molar-refractivity contribution < 1.29 is 19.2 Å². The van der Waals surface area contributed by atoms with Crippen LogP contribution in [0.4, 0.5) is 0 Å². The summed E-state index contributed by atoms with van der Waals surface area (Å²) in [7, 11) is 1.71. The summed E-state index contributed by atoms with van der Waals surface area (Å²) >= 11 is 0. The van der Waals surface area contributed by atoms with Crippen LogP contribution in [0.5, 0.6) is 0 Å². The summed E-state index contributed by atoms with van der Waals surface area (Å²) in [5.41, 5.74) is 4.88. The summed E-state index contributed by atoms with van der Waals surface area (Å²) in [5, 5.41) is 16.3. The van der Waals surface area contributed by atoms with Gasteiger partial charge in [0.05, 0.1) is 0 Å². The molecule has 11 heteroatoms. The van der Waals surface area contributed by atoms with Crippen molar-refractivity contribution in [2.45, 2.75) is 110 Å². The molecular weight excluding hydrogens is 667 g/mol. The lowest BCUT2D eigenvalue weighted by molar-refractivity contribution is -0.129. The minimum atomic E-state index is -0.706. The van der Waals surface area contributed by atoms with Crippen LogP contribution in [0.1, 0.15) is 105 Å². The molecule has 1 saturated carbocycles. The van der Waals surface area contributed by atoms with Crippen molar-refractivity contribution in [2.75, 3.05) is 13.1 Å². The summed E-state index contributed by atoms with van der Waals surface area (Å²) in [5.74, 6) is 0.225. The molecule has 5 rings (SSSR count). The van der Waals surface area contributed by atoms with Gasteiger partial charge in [-0.05, 0) is 65.3 Å². The predicted octanol–water partition coefficient (Wildman–Crippen LogP) is 5.04. The maximum absolute atomic E-state index is 13.6. The Morgan fingerprint density at radius 1 is 0.849 bits per heavy atom. The Morgan fingerprint density at radius 2 is 1.53 bits per heavy atom. The number of hydrogen-bond acceptors (Lipinski definition) is 6. The van der Waals surface area contributed by atoms with Crippen molar-refractivity contribution in [3.8, 4) is 0 Å². The summed E-state index contributed by atoms with van der Waals surface area (Å²) < 4.78 is 1.51. The van der Waals surface area contributed by atoms with E-state index < -0.39 is 12.1 Å². The second-order valence-corrected chi connectivity index (χ2v) is 15.3. The fraction of sp³-hybridized carbons (Fsp3) is 0.548.